The molecule has 0 spiro atoms. The first-order valence-electron chi connectivity index (χ1n) is 9.29. The van der Waals surface area contributed by atoms with Gasteiger partial charge in [0, 0.05) is 34.2 Å². The molecule has 33 heavy (non-hydrogen) atoms. The van der Waals surface area contributed by atoms with Gasteiger partial charge in [0.25, 0.3) is 11.6 Å². The van der Waals surface area contributed by atoms with Crippen LogP contribution in [0.25, 0.3) is 6.08 Å². The molecular weight excluding hydrogens is 560 g/mol. The van der Waals surface area contributed by atoms with Gasteiger partial charge in [-0.1, -0.05) is 6.07 Å². The number of halogens is 2. The highest BCUT2D eigenvalue weighted by Gasteiger charge is 2.24. The Labute approximate surface area is 203 Å². The van der Waals surface area contributed by atoms with Crippen molar-refractivity contribution in [3.63, 3.8) is 0 Å². The van der Waals surface area contributed by atoms with Crippen LogP contribution in [-0.4, -0.2) is 27.7 Å². The van der Waals surface area contributed by atoms with Crippen LogP contribution < -0.4 is 5.32 Å². The van der Waals surface area contributed by atoms with Crippen molar-refractivity contribution in [3.05, 3.63) is 102 Å². The summed E-state index contributed by atoms with van der Waals surface area (Å²) in [5.74, 6) is -0.906. The highest BCUT2D eigenvalue weighted by molar-refractivity contribution is 9.10. The Balaban J connectivity index is 1.52. The van der Waals surface area contributed by atoms with Gasteiger partial charge in [-0.25, -0.2) is 9.79 Å². The number of nitrogens with one attached hydrogen (secondary N) is 1. The van der Waals surface area contributed by atoms with Crippen molar-refractivity contribution in [3.8, 4) is 0 Å². The minimum absolute atomic E-state index is 0.0150. The number of benzene rings is 2. The number of amides is 1. The van der Waals surface area contributed by atoms with Gasteiger partial charge < -0.3 is 10.1 Å². The maximum absolute atomic E-state index is 12.3. The number of nitro groups is 1. The number of ether oxygens (including phenoxy) is 1. The van der Waals surface area contributed by atoms with Crippen molar-refractivity contribution < 1.29 is 19.2 Å². The Morgan fingerprint density at radius 2 is 1.85 bits per heavy atom. The van der Waals surface area contributed by atoms with Crippen LogP contribution in [0.3, 0.4) is 0 Å². The summed E-state index contributed by atoms with van der Waals surface area (Å²) in [5, 5.41) is 13.9. The summed E-state index contributed by atoms with van der Waals surface area (Å²) in [6.07, 6.45) is 4.44. The summed E-state index contributed by atoms with van der Waals surface area (Å²) in [7, 11) is 0. The molecule has 0 saturated heterocycles. The van der Waals surface area contributed by atoms with E-state index in [1.807, 2.05) is 0 Å². The van der Waals surface area contributed by atoms with E-state index in [0.29, 0.717) is 31.3 Å². The first-order valence-corrected chi connectivity index (χ1v) is 10.9. The number of nitrogens with zero attached hydrogens (tertiary/aromatic N) is 3. The average Bonchev–Trinajstić information content (AvgIpc) is 3.15. The number of pyridine rings is 1. The second-order valence-electron chi connectivity index (χ2n) is 6.73. The number of hydrogen-bond donors (Lipinski definition) is 1. The predicted molar refractivity (Wildman–Crippen MR) is 128 cm³/mol. The molecule has 0 aliphatic carbocycles. The Morgan fingerprint density at radius 1 is 1.09 bits per heavy atom. The molecule has 0 atom stereocenters. The monoisotopic (exact) mass is 570 g/mol. The fourth-order valence-corrected chi connectivity index (χ4v) is 3.64. The van der Waals surface area contributed by atoms with Crippen LogP contribution in [0.15, 0.2) is 80.6 Å². The molecule has 2 aromatic carbocycles. The van der Waals surface area contributed by atoms with Crippen LogP contribution in [0.5, 0.6) is 0 Å². The SMILES string of the molecule is O=C1OC(c2ccc(NC(=O)c3cncc(Br)c3)cc2)=N/C1=C\c1ccc(Br)c([N+](=O)[O-])c1. The zero-order chi connectivity index (χ0) is 23.5. The lowest BCUT2D eigenvalue weighted by molar-refractivity contribution is -0.385. The lowest BCUT2D eigenvalue weighted by Crippen LogP contribution is -2.12. The number of aromatic nitrogens is 1. The number of carbonyl (C=O) groups excluding carboxylic acids is 2. The highest BCUT2D eigenvalue weighted by Crippen LogP contribution is 2.28. The topological polar surface area (TPSA) is 124 Å². The van der Waals surface area contributed by atoms with E-state index in [4.69, 9.17) is 4.74 Å². The van der Waals surface area contributed by atoms with E-state index < -0.39 is 10.9 Å². The number of esters is 1. The minimum Gasteiger partial charge on any atom is -0.402 e. The zero-order valence-electron chi connectivity index (χ0n) is 16.5. The van der Waals surface area contributed by atoms with Crippen molar-refractivity contribution in [1.82, 2.24) is 4.98 Å². The van der Waals surface area contributed by atoms with Gasteiger partial charge in [-0.2, -0.15) is 0 Å². The maximum atomic E-state index is 12.3. The van der Waals surface area contributed by atoms with Crippen LogP contribution >= 0.6 is 31.9 Å². The fourth-order valence-electron chi connectivity index (χ4n) is 2.89. The van der Waals surface area contributed by atoms with Crippen molar-refractivity contribution in [2.45, 2.75) is 0 Å². The molecule has 164 valence electrons. The van der Waals surface area contributed by atoms with Gasteiger partial charge in [-0.3, -0.25) is 19.9 Å². The fraction of sp³-hybridized carbons (Fsp3) is 0. The molecule has 2 heterocycles. The number of aliphatic imine (C=N–C) groups is 1. The van der Waals surface area contributed by atoms with Crippen LogP contribution in [-0.2, 0) is 9.53 Å². The van der Waals surface area contributed by atoms with Crippen molar-refractivity contribution in [1.29, 1.82) is 0 Å². The molecule has 0 bridgehead atoms. The molecule has 0 fully saturated rings. The normalized spacial score (nSPS) is 14.1. The standard InChI is InChI=1S/C22H12Br2N4O5/c23-15-9-14(10-25-11-15)20(29)26-16-4-2-13(3-5-16)21-27-18(22(30)33-21)7-12-1-6-17(24)19(8-12)28(31)32/h1-11H,(H,26,29)/b18-7-. The number of cyclic esters (lactones) is 1. The van der Waals surface area contributed by atoms with E-state index in [1.165, 1.54) is 24.4 Å². The minimum atomic E-state index is -0.671. The van der Waals surface area contributed by atoms with Gasteiger partial charge in [0.15, 0.2) is 5.70 Å². The molecule has 1 aliphatic rings. The van der Waals surface area contributed by atoms with E-state index in [1.54, 1.807) is 42.6 Å². The number of nitro benzene ring substituents is 1. The lowest BCUT2D eigenvalue weighted by atomic mass is 10.1. The Morgan fingerprint density at radius 3 is 2.55 bits per heavy atom. The summed E-state index contributed by atoms with van der Waals surface area (Å²) >= 11 is 6.39. The molecule has 1 amide bonds. The molecular formula is C22H12Br2N4O5. The number of anilines is 1. The quantitative estimate of drug-likeness (QED) is 0.196. The van der Waals surface area contributed by atoms with E-state index in [2.05, 4.69) is 47.2 Å². The third-order valence-electron chi connectivity index (χ3n) is 4.45. The maximum Gasteiger partial charge on any atom is 0.363 e. The molecule has 1 aliphatic heterocycles. The van der Waals surface area contributed by atoms with E-state index in [9.17, 15) is 19.7 Å². The smallest absolute Gasteiger partial charge is 0.363 e. The zero-order valence-corrected chi connectivity index (χ0v) is 19.7. The van der Waals surface area contributed by atoms with E-state index in [-0.39, 0.29) is 23.2 Å². The van der Waals surface area contributed by atoms with E-state index in [0.717, 1.165) is 0 Å². The summed E-state index contributed by atoms with van der Waals surface area (Å²) < 4.78 is 6.25. The molecule has 0 saturated carbocycles. The Hall–Kier alpha value is -3.70. The van der Waals surface area contributed by atoms with E-state index >= 15 is 0 Å². The largest absolute Gasteiger partial charge is 0.402 e. The second kappa shape index (κ2) is 9.43. The summed E-state index contributed by atoms with van der Waals surface area (Å²) in [5.41, 5.74) is 1.77. The molecule has 0 radical (unpaired) electrons. The molecule has 0 unspecified atom stereocenters. The van der Waals surface area contributed by atoms with Gasteiger partial charge in [0.05, 0.1) is 15.0 Å². The average molecular weight is 572 g/mol. The van der Waals surface area contributed by atoms with Crippen LogP contribution in [0.4, 0.5) is 11.4 Å². The van der Waals surface area contributed by atoms with Gasteiger partial charge in [0.1, 0.15) is 0 Å². The van der Waals surface area contributed by atoms with Crippen molar-refractivity contribution in [2.75, 3.05) is 5.32 Å². The molecule has 4 rings (SSSR count). The number of hydrogen-bond acceptors (Lipinski definition) is 7. The predicted octanol–water partition coefficient (Wildman–Crippen LogP) is 5.11. The first-order chi connectivity index (χ1) is 15.8. The lowest BCUT2D eigenvalue weighted by Gasteiger charge is -2.06. The molecule has 11 heteroatoms. The van der Waals surface area contributed by atoms with Crippen LogP contribution in [0.2, 0.25) is 0 Å². The third-order valence-corrected chi connectivity index (χ3v) is 5.55. The van der Waals surface area contributed by atoms with Gasteiger partial charge >= 0.3 is 5.97 Å². The van der Waals surface area contributed by atoms with Gasteiger partial charge in [-0.05, 0) is 79.9 Å². The Bertz CT molecular complexity index is 1350. The molecule has 1 aromatic heterocycles. The summed E-state index contributed by atoms with van der Waals surface area (Å²) in [6.45, 7) is 0. The Kier molecular flexibility index (Phi) is 6.43. The van der Waals surface area contributed by atoms with Gasteiger partial charge in [0.2, 0.25) is 5.90 Å². The third kappa shape index (κ3) is 5.21. The molecule has 9 nitrogen and oxygen atoms in total. The molecule has 1 N–H and O–H groups in total. The second-order valence-corrected chi connectivity index (χ2v) is 8.50. The van der Waals surface area contributed by atoms with Crippen LogP contribution in [0, 0.1) is 10.1 Å². The molecule has 3 aromatic rings. The van der Waals surface area contributed by atoms with Crippen LogP contribution in [0.1, 0.15) is 21.5 Å². The number of rotatable bonds is 5. The van der Waals surface area contributed by atoms with Crippen molar-refractivity contribution in [2.24, 2.45) is 4.99 Å². The van der Waals surface area contributed by atoms with Gasteiger partial charge in [-0.15, -0.1) is 0 Å². The highest BCUT2D eigenvalue weighted by atomic mass is 79.9. The summed E-state index contributed by atoms with van der Waals surface area (Å²) in [6, 6.07) is 12.7. The summed E-state index contributed by atoms with van der Waals surface area (Å²) in [4.78, 5) is 43.3. The van der Waals surface area contributed by atoms with Crippen molar-refractivity contribution >= 4 is 67.1 Å². The first kappa shape index (κ1) is 22.5. The number of carbonyl (C=O) groups is 2.